The Bertz CT molecular complexity index is 1660. The fourth-order valence-corrected chi connectivity index (χ4v) is 5.52. The number of pyridine rings is 1. The zero-order valence-electron chi connectivity index (χ0n) is 21.6. The Morgan fingerprint density at radius 3 is 2.35 bits per heavy atom. The number of aromatic nitrogens is 1. The third kappa shape index (κ3) is 4.87. The van der Waals surface area contributed by atoms with Crippen LogP contribution in [0.25, 0.3) is 10.9 Å². The number of fused-ring (bicyclic) bond motifs is 2. The van der Waals surface area contributed by atoms with Gasteiger partial charge >= 0.3 is 0 Å². The number of carbonyl (C=O) groups excluding carboxylic acids is 1. The molecule has 4 aromatic carbocycles. The van der Waals surface area contributed by atoms with Gasteiger partial charge in [-0.2, -0.15) is 0 Å². The molecule has 2 heterocycles. The van der Waals surface area contributed by atoms with Gasteiger partial charge in [0.1, 0.15) is 23.2 Å². The number of benzene rings is 4. The number of hydrogen-bond acceptors (Lipinski definition) is 4. The quantitative estimate of drug-likeness (QED) is 0.237. The van der Waals surface area contributed by atoms with Crippen molar-refractivity contribution in [1.82, 2.24) is 9.88 Å². The van der Waals surface area contributed by atoms with Crippen LogP contribution in [0.4, 0.5) is 4.39 Å². The molecule has 1 aliphatic heterocycles. The van der Waals surface area contributed by atoms with E-state index in [2.05, 4.69) is 4.98 Å². The zero-order chi connectivity index (χ0) is 27.6. The number of amides is 1. The summed E-state index contributed by atoms with van der Waals surface area (Å²) in [6.07, 6.45) is 2.21. The summed E-state index contributed by atoms with van der Waals surface area (Å²) in [7, 11) is 0. The van der Waals surface area contributed by atoms with Crippen molar-refractivity contribution in [2.75, 3.05) is 6.54 Å². The van der Waals surface area contributed by atoms with Crippen molar-refractivity contribution in [3.63, 3.8) is 0 Å². The molecule has 0 atom stereocenters. The van der Waals surface area contributed by atoms with E-state index in [1.54, 1.807) is 29.3 Å². The van der Waals surface area contributed by atoms with Crippen LogP contribution in [0.2, 0.25) is 5.02 Å². The standard InChI is InChI=1S/C33H26ClFN2O3/c34-26-19-21(15-16-27(26)35)20-37-18-8-14-24-28(33(37)39)32(29-25(30(24)38)13-7-17-36-29)40-31(22-9-3-1-4-10-22)23-11-5-2-6-12-23/h1-7,9-13,15-17,19,31,38H,8,14,18,20H2. The molecular weight excluding hydrogens is 527 g/mol. The molecule has 5 nitrogen and oxygen atoms in total. The smallest absolute Gasteiger partial charge is 0.258 e. The Kier molecular flexibility index (Phi) is 7.10. The minimum atomic E-state index is -0.526. The molecule has 1 amide bonds. The van der Waals surface area contributed by atoms with E-state index in [1.165, 1.54) is 12.1 Å². The van der Waals surface area contributed by atoms with E-state index < -0.39 is 11.9 Å². The molecule has 200 valence electrons. The summed E-state index contributed by atoms with van der Waals surface area (Å²) in [4.78, 5) is 20.5. The Hall–Kier alpha value is -4.42. The Morgan fingerprint density at radius 2 is 1.68 bits per heavy atom. The van der Waals surface area contributed by atoms with E-state index >= 15 is 0 Å². The van der Waals surface area contributed by atoms with Crippen molar-refractivity contribution in [3.8, 4) is 11.5 Å². The van der Waals surface area contributed by atoms with Gasteiger partial charge in [-0.05, 0) is 53.8 Å². The number of hydrogen-bond donors (Lipinski definition) is 1. The van der Waals surface area contributed by atoms with Gasteiger partial charge in [0.05, 0.1) is 10.6 Å². The lowest BCUT2D eigenvalue weighted by Crippen LogP contribution is -2.31. The van der Waals surface area contributed by atoms with Crippen molar-refractivity contribution < 1.29 is 19.0 Å². The molecule has 0 radical (unpaired) electrons. The molecule has 0 unspecified atom stereocenters. The van der Waals surface area contributed by atoms with Crippen LogP contribution in [0.5, 0.6) is 11.5 Å². The van der Waals surface area contributed by atoms with Gasteiger partial charge in [-0.25, -0.2) is 4.39 Å². The SMILES string of the molecule is O=C1c2c(c(O)c3cccnc3c2OC(c2ccccc2)c2ccccc2)CCCN1Cc1ccc(F)c(Cl)c1. The summed E-state index contributed by atoms with van der Waals surface area (Å²) in [6.45, 7) is 0.686. The Morgan fingerprint density at radius 1 is 0.975 bits per heavy atom. The minimum absolute atomic E-state index is 0.00518. The van der Waals surface area contributed by atoms with Gasteiger partial charge in [-0.15, -0.1) is 0 Å². The lowest BCUT2D eigenvalue weighted by Gasteiger charge is -2.26. The van der Waals surface area contributed by atoms with E-state index in [0.29, 0.717) is 52.7 Å². The van der Waals surface area contributed by atoms with Crippen LogP contribution in [0.15, 0.2) is 97.2 Å². The molecule has 1 N–H and O–H groups in total. The monoisotopic (exact) mass is 552 g/mol. The van der Waals surface area contributed by atoms with E-state index in [9.17, 15) is 14.3 Å². The number of phenolic OH excluding ortho intramolecular Hbond substituents is 1. The summed E-state index contributed by atoms with van der Waals surface area (Å²) in [5, 5.41) is 11.9. The molecule has 6 rings (SSSR count). The number of carbonyl (C=O) groups is 1. The molecule has 7 heteroatoms. The first-order chi connectivity index (χ1) is 19.5. The van der Waals surface area contributed by atoms with Crippen LogP contribution < -0.4 is 4.74 Å². The molecule has 40 heavy (non-hydrogen) atoms. The van der Waals surface area contributed by atoms with Gasteiger partial charge in [0.15, 0.2) is 5.75 Å². The second-order valence-corrected chi connectivity index (χ2v) is 10.2. The molecular formula is C33H26ClFN2O3. The second-order valence-electron chi connectivity index (χ2n) is 9.83. The fraction of sp³-hybridized carbons (Fsp3) is 0.152. The van der Waals surface area contributed by atoms with Gasteiger partial charge in [0.2, 0.25) is 0 Å². The van der Waals surface area contributed by atoms with Gasteiger partial charge in [0, 0.05) is 30.2 Å². The van der Waals surface area contributed by atoms with Crippen LogP contribution in [0, 0.1) is 5.82 Å². The molecule has 0 bridgehead atoms. The molecule has 0 fully saturated rings. The Labute approximate surface area is 236 Å². The number of halogens is 2. The van der Waals surface area contributed by atoms with E-state index in [-0.39, 0.29) is 23.2 Å². The largest absolute Gasteiger partial charge is 0.507 e. The maximum atomic E-state index is 14.3. The van der Waals surface area contributed by atoms with Gasteiger partial charge in [-0.1, -0.05) is 78.3 Å². The van der Waals surface area contributed by atoms with Crippen LogP contribution in [-0.4, -0.2) is 27.4 Å². The van der Waals surface area contributed by atoms with Crippen molar-refractivity contribution in [3.05, 3.63) is 136 Å². The van der Waals surface area contributed by atoms with Crippen molar-refractivity contribution in [2.45, 2.75) is 25.5 Å². The summed E-state index contributed by atoms with van der Waals surface area (Å²) in [5.41, 5.74) is 3.79. The maximum absolute atomic E-state index is 14.3. The van der Waals surface area contributed by atoms with Gasteiger partial charge in [-0.3, -0.25) is 9.78 Å². The topological polar surface area (TPSA) is 62.7 Å². The third-order valence-corrected chi connectivity index (χ3v) is 7.54. The number of phenols is 1. The second kappa shape index (κ2) is 11.0. The molecule has 0 spiro atoms. The molecule has 0 saturated heterocycles. The minimum Gasteiger partial charge on any atom is -0.507 e. The summed E-state index contributed by atoms with van der Waals surface area (Å²) in [6, 6.07) is 27.6. The van der Waals surface area contributed by atoms with E-state index in [4.69, 9.17) is 16.3 Å². The van der Waals surface area contributed by atoms with Crippen LogP contribution in [0.3, 0.4) is 0 Å². The first-order valence-electron chi connectivity index (χ1n) is 13.1. The lowest BCUT2D eigenvalue weighted by molar-refractivity contribution is 0.0743. The average Bonchev–Trinajstić information content (AvgIpc) is 3.15. The van der Waals surface area contributed by atoms with Crippen molar-refractivity contribution >= 4 is 28.4 Å². The number of aromatic hydroxyl groups is 1. The summed E-state index contributed by atoms with van der Waals surface area (Å²) in [5.74, 6) is -0.425. The highest BCUT2D eigenvalue weighted by molar-refractivity contribution is 6.30. The van der Waals surface area contributed by atoms with E-state index in [0.717, 1.165) is 11.1 Å². The summed E-state index contributed by atoms with van der Waals surface area (Å²) < 4.78 is 20.6. The Balaban J connectivity index is 1.51. The molecule has 0 aliphatic carbocycles. The maximum Gasteiger partial charge on any atom is 0.258 e. The number of rotatable bonds is 6. The number of nitrogens with zero attached hydrogens (tertiary/aromatic N) is 2. The normalized spacial score (nSPS) is 13.4. The first kappa shape index (κ1) is 25.8. The van der Waals surface area contributed by atoms with Crippen molar-refractivity contribution in [2.24, 2.45) is 0 Å². The van der Waals surface area contributed by atoms with E-state index in [1.807, 2.05) is 60.7 Å². The van der Waals surface area contributed by atoms with Crippen LogP contribution in [-0.2, 0) is 13.0 Å². The molecule has 1 aromatic heterocycles. The predicted molar refractivity (Wildman–Crippen MR) is 153 cm³/mol. The molecule has 0 saturated carbocycles. The van der Waals surface area contributed by atoms with Crippen LogP contribution >= 0.6 is 11.6 Å². The van der Waals surface area contributed by atoms with Gasteiger partial charge < -0.3 is 14.7 Å². The highest BCUT2D eigenvalue weighted by Crippen LogP contribution is 2.44. The van der Waals surface area contributed by atoms with Crippen LogP contribution in [0.1, 0.15) is 45.1 Å². The zero-order valence-corrected chi connectivity index (χ0v) is 22.3. The predicted octanol–water partition coefficient (Wildman–Crippen LogP) is 7.49. The van der Waals surface area contributed by atoms with Crippen molar-refractivity contribution in [1.29, 1.82) is 0 Å². The van der Waals surface area contributed by atoms with Gasteiger partial charge in [0.25, 0.3) is 5.91 Å². The first-order valence-corrected chi connectivity index (χ1v) is 13.5. The lowest BCUT2D eigenvalue weighted by atomic mass is 9.96. The fourth-order valence-electron chi connectivity index (χ4n) is 5.32. The third-order valence-electron chi connectivity index (χ3n) is 7.25. The molecule has 5 aromatic rings. The highest BCUT2D eigenvalue weighted by Gasteiger charge is 2.33. The average molecular weight is 553 g/mol. The molecule has 1 aliphatic rings. The number of ether oxygens (including phenoxy) is 1. The highest BCUT2D eigenvalue weighted by atomic mass is 35.5. The summed E-state index contributed by atoms with van der Waals surface area (Å²) >= 11 is 6.03.